The standard InChI is InChI=1S/C22H36N4O5S/c1-5-30-18(27)14-26(4)11-12-32-22-25-24-21(31-22)19(28)17(13-15(2)3)23-20(29)16-9-7-6-8-10-16/h15-17H,5-14H2,1-4H3,(H,23,29). The van der Waals surface area contributed by atoms with Crippen LogP contribution in [0.3, 0.4) is 0 Å². The van der Waals surface area contributed by atoms with Gasteiger partial charge in [0.2, 0.25) is 11.7 Å². The molecule has 2 rings (SSSR count). The molecule has 1 heterocycles. The number of carbonyl (C=O) groups excluding carboxylic acids is 3. The Labute approximate surface area is 194 Å². The Bertz CT molecular complexity index is 748. The van der Waals surface area contributed by atoms with Crippen molar-refractivity contribution in [2.24, 2.45) is 11.8 Å². The maximum absolute atomic E-state index is 13.0. The number of nitrogens with one attached hydrogen (secondary N) is 1. The second-order valence-electron chi connectivity index (χ2n) is 8.65. The fraction of sp³-hybridized carbons (Fsp3) is 0.773. The smallest absolute Gasteiger partial charge is 0.320 e. The van der Waals surface area contributed by atoms with E-state index in [2.05, 4.69) is 15.5 Å². The molecular weight excluding hydrogens is 432 g/mol. The third kappa shape index (κ3) is 8.90. The molecule has 1 amide bonds. The number of aromatic nitrogens is 2. The number of carbonyl (C=O) groups is 3. The van der Waals surface area contributed by atoms with E-state index in [1.165, 1.54) is 18.2 Å². The largest absolute Gasteiger partial charge is 0.465 e. The van der Waals surface area contributed by atoms with Crippen LogP contribution in [0.1, 0.15) is 70.0 Å². The molecule has 0 aromatic carbocycles. The molecule has 0 spiro atoms. The van der Waals surface area contributed by atoms with Crippen LogP contribution in [-0.2, 0) is 14.3 Å². The summed E-state index contributed by atoms with van der Waals surface area (Å²) in [5, 5.41) is 11.1. The second-order valence-corrected chi connectivity index (χ2v) is 9.70. The predicted octanol–water partition coefficient (Wildman–Crippen LogP) is 2.95. The Hall–Kier alpha value is -1.94. The summed E-state index contributed by atoms with van der Waals surface area (Å²) in [6.07, 6.45) is 5.54. The molecular formula is C22H36N4O5S. The van der Waals surface area contributed by atoms with E-state index in [1.807, 2.05) is 25.8 Å². The van der Waals surface area contributed by atoms with Gasteiger partial charge in [0.25, 0.3) is 11.1 Å². The van der Waals surface area contributed by atoms with Gasteiger partial charge in [-0.1, -0.05) is 44.9 Å². The van der Waals surface area contributed by atoms with E-state index in [-0.39, 0.29) is 41.9 Å². The van der Waals surface area contributed by atoms with Gasteiger partial charge in [0, 0.05) is 18.2 Å². The average Bonchev–Trinajstić information content (AvgIpc) is 3.22. The summed E-state index contributed by atoms with van der Waals surface area (Å²) in [5.41, 5.74) is 0. The van der Waals surface area contributed by atoms with Gasteiger partial charge in [-0.2, -0.15) is 0 Å². The summed E-state index contributed by atoms with van der Waals surface area (Å²) in [5.74, 6) is 0.0664. The first-order valence-electron chi connectivity index (χ1n) is 11.4. The fourth-order valence-corrected chi connectivity index (χ4v) is 4.48. The Balaban J connectivity index is 1.89. The van der Waals surface area contributed by atoms with Crippen LogP contribution in [0.15, 0.2) is 9.64 Å². The zero-order valence-corrected chi connectivity index (χ0v) is 20.4. The lowest BCUT2D eigenvalue weighted by molar-refractivity contribution is -0.144. The number of ether oxygens (including phenoxy) is 1. The van der Waals surface area contributed by atoms with E-state index >= 15 is 0 Å². The number of Topliss-reactive ketones (excluding diaryl/α,β-unsaturated/α-hetero) is 1. The fourth-order valence-electron chi connectivity index (χ4n) is 3.67. The lowest BCUT2D eigenvalue weighted by Gasteiger charge is -2.24. The van der Waals surface area contributed by atoms with E-state index in [0.29, 0.717) is 30.5 Å². The molecule has 0 radical (unpaired) electrons. The van der Waals surface area contributed by atoms with Crippen molar-refractivity contribution in [2.75, 3.05) is 32.5 Å². The normalized spacial score (nSPS) is 15.7. The van der Waals surface area contributed by atoms with Crippen molar-refractivity contribution in [3.63, 3.8) is 0 Å². The molecule has 10 heteroatoms. The van der Waals surface area contributed by atoms with E-state index in [4.69, 9.17) is 9.15 Å². The highest BCUT2D eigenvalue weighted by Crippen LogP contribution is 2.24. The molecule has 9 nitrogen and oxygen atoms in total. The van der Waals surface area contributed by atoms with E-state index in [1.54, 1.807) is 6.92 Å². The van der Waals surface area contributed by atoms with Gasteiger partial charge in [0.15, 0.2) is 0 Å². The molecule has 1 aliphatic carbocycles. The molecule has 1 aliphatic rings. The van der Waals surface area contributed by atoms with Crippen LogP contribution < -0.4 is 5.32 Å². The SMILES string of the molecule is CCOC(=O)CN(C)CCSc1nnc(C(=O)C(CC(C)C)NC(=O)C2CCCCC2)o1. The summed E-state index contributed by atoms with van der Waals surface area (Å²) in [6.45, 7) is 6.97. The summed E-state index contributed by atoms with van der Waals surface area (Å²) in [4.78, 5) is 39.0. The van der Waals surface area contributed by atoms with E-state index in [0.717, 1.165) is 25.7 Å². The number of hydrogen-bond donors (Lipinski definition) is 1. The molecule has 1 N–H and O–H groups in total. The van der Waals surface area contributed by atoms with Crippen molar-refractivity contribution < 1.29 is 23.5 Å². The lowest BCUT2D eigenvalue weighted by Crippen LogP contribution is -2.45. The maximum Gasteiger partial charge on any atom is 0.320 e. The highest BCUT2D eigenvalue weighted by Gasteiger charge is 2.30. The number of hydrogen-bond acceptors (Lipinski definition) is 9. The summed E-state index contributed by atoms with van der Waals surface area (Å²) in [7, 11) is 1.83. The van der Waals surface area contributed by atoms with E-state index < -0.39 is 6.04 Å². The van der Waals surface area contributed by atoms with Crippen molar-refractivity contribution in [3.8, 4) is 0 Å². The molecule has 32 heavy (non-hydrogen) atoms. The minimum atomic E-state index is -0.668. The van der Waals surface area contributed by atoms with Gasteiger partial charge in [0.1, 0.15) is 0 Å². The zero-order chi connectivity index (χ0) is 23.5. The van der Waals surface area contributed by atoms with Crippen LogP contribution >= 0.6 is 11.8 Å². The van der Waals surface area contributed by atoms with Crippen molar-refractivity contribution in [1.82, 2.24) is 20.4 Å². The molecule has 1 aromatic rings. The predicted molar refractivity (Wildman–Crippen MR) is 121 cm³/mol. The Morgan fingerprint density at radius 1 is 1.22 bits per heavy atom. The third-order valence-electron chi connectivity index (χ3n) is 5.34. The first kappa shape index (κ1) is 26.3. The summed E-state index contributed by atoms with van der Waals surface area (Å²) in [6, 6.07) is -0.668. The van der Waals surface area contributed by atoms with Gasteiger partial charge in [-0.25, -0.2) is 0 Å². The van der Waals surface area contributed by atoms with E-state index in [9.17, 15) is 14.4 Å². The quantitative estimate of drug-likeness (QED) is 0.265. The average molecular weight is 469 g/mol. The third-order valence-corrected chi connectivity index (χ3v) is 6.13. The number of esters is 1. The minimum absolute atomic E-state index is 0.0217. The van der Waals surface area contributed by atoms with Gasteiger partial charge < -0.3 is 14.5 Å². The molecule has 1 aromatic heterocycles. The molecule has 0 bridgehead atoms. The minimum Gasteiger partial charge on any atom is -0.465 e. The Morgan fingerprint density at radius 2 is 1.94 bits per heavy atom. The van der Waals surface area contributed by atoms with Gasteiger partial charge in [0.05, 0.1) is 19.2 Å². The van der Waals surface area contributed by atoms with Gasteiger partial charge in [-0.05, 0) is 39.2 Å². The molecule has 0 aliphatic heterocycles. The Kier molecular flexibility index (Phi) is 11.2. The van der Waals surface area contributed by atoms with Crippen LogP contribution in [0.2, 0.25) is 0 Å². The van der Waals surface area contributed by atoms with Crippen molar-refractivity contribution in [2.45, 2.75) is 70.6 Å². The first-order valence-corrected chi connectivity index (χ1v) is 12.4. The molecule has 0 saturated heterocycles. The molecule has 1 atom stereocenters. The number of likely N-dealkylation sites (N-methyl/N-ethyl adjacent to an activating group) is 1. The topological polar surface area (TPSA) is 115 Å². The highest BCUT2D eigenvalue weighted by molar-refractivity contribution is 7.99. The highest BCUT2D eigenvalue weighted by atomic mass is 32.2. The second kappa shape index (κ2) is 13.6. The maximum atomic E-state index is 13.0. The van der Waals surface area contributed by atoms with Gasteiger partial charge >= 0.3 is 5.97 Å². The van der Waals surface area contributed by atoms with Crippen LogP contribution in [0, 0.1) is 11.8 Å². The van der Waals surface area contributed by atoms with Gasteiger partial charge in [-0.15, -0.1) is 10.2 Å². The number of ketones is 1. The van der Waals surface area contributed by atoms with Crippen molar-refractivity contribution in [1.29, 1.82) is 0 Å². The molecule has 1 saturated carbocycles. The Morgan fingerprint density at radius 3 is 2.59 bits per heavy atom. The first-order chi connectivity index (χ1) is 15.3. The number of nitrogens with zero attached hydrogens (tertiary/aromatic N) is 3. The van der Waals surface area contributed by atoms with Crippen LogP contribution in [0.5, 0.6) is 0 Å². The van der Waals surface area contributed by atoms with Crippen molar-refractivity contribution in [3.05, 3.63) is 5.89 Å². The molecule has 180 valence electrons. The molecule has 1 unspecified atom stereocenters. The summed E-state index contributed by atoms with van der Waals surface area (Å²) < 4.78 is 10.5. The molecule has 1 fully saturated rings. The van der Waals surface area contributed by atoms with Crippen molar-refractivity contribution >= 4 is 29.4 Å². The number of amides is 1. The van der Waals surface area contributed by atoms with Gasteiger partial charge in [-0.3, -0.25) is 19.3 Å². The van der Waals surface area contributed by atoms with Crippen LogP contribution in [0.4, 0.5) is 0 Å². The number of thioether (sulfide) groups is 1. The zero-order valence-electron chi connectivity index (χ0n) is 19.6. The number of rotatable bonds is 13. The lowest BCUT2D eigenvalue weighted by atomic mass is 9.88. The van der Waals surface area contributed by atoms with Crippen LogP contribution in [-0.4, -0.2) is 71.3 Å². The van der Waals surface area contributed by atoms with Crippen LogP contribution in [0.25, 0.3) is 0 Å². The summed E-state index contributed by atoms with van der Waals surface area (Å²) >= 11 is 1.32. The monoisotopic (exact) mass is 468 g/mol.